The molecule has 1 saturated heterocycles. The summed E-state index contributed by atoms with van der Waals surface area (Å²) >= 11 is 11.6. The number of rotatable bonds is 24. The summed E-state index contributed by atoms with van der Waals surface area (Å²) in [5.41, 5.74) is 7.33. The van der Waals surface area contributed by atoms with Gasteiger partial charge in [-0.1, -0.05) is 77.6 Å². The number of phenols is 2. The first-order valence-corrected chi connectivity index (χ1v) is 22.5. The summed E-state index contributed by atoms with van der Waals surface area (Å²) in [5, 5.41) is 45.6. The van der Waals surface area contributed by atoms with E-state index in [1.54, 1.807) is 52.0 Å². The molecule has 0 spiro atoms. The summed E-state index contributed by atoms with van der Waals surface area (Å²) < 4.78 is 0. The van der Waals surface area contributed by atoms with Crippen LogP contribution in [0, 0.1) is 11.8 Å². The lowest BCUT2D eigenvalue weighted by molar-refractivity contribution is -0.154. The highest BCUT2D eigenvalue weighted by Crippen LogP contribution is 2.25. The Morgan fingerprint density at radius 2 is 1.32 bits per heavy atom. The smallest absolute Gasteiger partial charge is 0.326 e. The van der Waals surface area contributed by atoms with Gasteiger partial charge in [0, 0.05) is 39.5 Å². The van der Waals surface area contributed by atoms with Gasteiger partial charge in [0.15, 0.2) is 0 Å². The maximum absolute atomic E-state index is 14.7. The molecule has 18 heteroatoms. The number of hydrogen-bond acceptors (Lipinski definition) is 10. The Hall–Kier alpha value is -4.64. The molecule has 0 saturated carbocycles. The number of carboxylic acid groups (broad SMARTS) is 1. The molecule has 5 amide bonds. The van der Waals surface area contributed by atoms with Crippen LogP contribution in [0.3, 0.4) is 0 Å². The average molecular weight is 922 g/mol. The van der Waals surface area contributed by atoms with E-state index in [0.717, 1.165) is 19.3 Å². The number of aliphatic carboxylic acids is 1. The van der Waals surface area contributed by atoms with E-state index in [0.29, 0.717) is 36.8 Å². The fourth-order valence-electron chi connectivity index (χ4n) is 7.83. The van der Waals surface area contributed by atoms with Gasteiger partial charge >= 0.3 is 5.97 Å². The third-order valence-corrected chi connectivity index (χ3v) is 12.0. The number of nitrogens with two attached hydrogens (primary N) is 1. The highest BCUT2D eigenvalue weighted by atomic mass is 35.5. The van der Waals surface area contributed by atoms with Gasteiger partial charge in [-0.3, -0.25) is 24.0 Å². The van der Waals surface area contributed by atoms with E-state index < -0.39 is 94.5 Å². The van der Waals surface area contributed by atoms with Crippen LogP contribution in [0.5, 0.6) is 11.5 Å². The molecule has 1 aliphatic heterocycles. The van der Waals surface area contributed by atoms with Crippen LogP contribution < -0.4 is 16.4 Å². The van der Waals surface area contributed by atoms with Crippen LogP contribution in [-0.4, -0.2) is 138 Å². The average Bonchev–Trinajstić information content (AvgIpc) is 3.73. The van der Waals surface area contributed by atoms with Crippen molar-refractivity contribution < 1.29 is 49.2 Å². The fourth-order valence-corrected chi connectivity index (χ4v) is 8.14. The van der Waals surface area contributed by atoms with E-state index in [4.69, 9.17) is 28.9 Å². The van der Waals surface area contributed by atoms with Crippen LogP contribution >= 0.6 is 23.2 Å². The quantitative estimate of drug-likeness (QED) is 0.0591. The minimum absolute atomic E-state index is 0.00182. The number of carbonyl (C=O) groups excluding carboxylic acids is 5. The molecule has 1 fully saturated rings. The Kier molecular flexibility index (Phi) is 20.9. The summed E-state index contributed by atoms with van der Waals surface area (Å²) in [5.74, 6) is -5.52. The van der Waals surface area contributed by atoms with Crippen molar-refractivity contribution in [2.75, 3.05) is 20.6 Å². The molecule has 2 aromatic carbocycles. The normalized spacial score (nSPS) is 16.8. The molecule has 16 nitrogen and oxygen atoms in total. The number of halogens is 2. The van der Waals surface area contributed by atoms with Crippen molar-refractivity contribution in [2.45, 2.75) is 139 Å². The number of alkyl halides is 2. The number of carbonyl (C=O) groups is 6. The summed E-state index contributed by atoms with van der Waals surface area (Å²) in [4.78, 5) is 86.3. The van der Waals surface area contributed by atoms with Gasteiger partial charge in [-0.15, -0.1) is 23.2 Å². The highest BCUT2D eigenvalue weighted by Gasteiger charge is 2.44. The lowest BCUT2D eigenvalue weighted by atomic mass is 9.95. The molecule has 0 aliphatic carbocycles. The number of aromatic hydroxyl groups is 2. The van der Waals surface area contributed by atoms with Crippen LogP contribution in [0.25, 0.3) is 0 Å². The molecule has 63 heavy (non-hydrogen) atoms. The molecule has 1 aliphatic rings. The maximum atomic E-state index is 14.7. The Bertz CT molecular complexity index is 1830. The Morgan fingerprint density at radius 1 is 0.778 bits per heavy atom. The van der Waals surface area contributed by atoms with E-state index in [1.165, 1.54) is 53.1 Å². The third kappa shape index (κ3) is 15.5. The number of nitrogens with zero attached hydrogens (tertiary/aromatic N) is 3. The van der Waals surface area contributed by atoms with E-state index in [-0.39, 0.29) is 37.3 Å². The molecule has 8 N–H and O–H groups in total. The summed E-state index contributed by atoms with van der Waals surface area (Å²) in [6.07, 6.45) is 3.19. The van der Waals surface area contributed by atoms with Gasteiger partial charge in [-0.05, 0) is 72.9 Å². The Balaban J connectivity index is 1.83. The number of phenolic OH excluding ortho intramolecular Hbond substituents is 2. The molecule has 0 radical (unpaired) electrons. The van der Waals surface area contributed by atoms with Crippen LogP contribution in [0.4, 0.5) is 0 Å². The Morgan fingerprint density at radius 3 is 1.83 bits per heavy atom. The topological polar surface area (TPSA) is 243 Å². The zero-order valence-electron chi connectivity index (χ0n) is 37.1. The lowest BCUT2D eigenvalue weighted by Gasteiger charge is -2.39. The lowest BCUT2D eigenvalue weighted by Crippen LogP contribution is -2.61. The number of likely N-dealkylation sites (tertiary alicyclic amines) is 1. The first-order valence-electron chi connectivity index (χ1n) is 21.6. The van der Waals surface area contributed by atoms with E-state index in [9.17, 15) is 49.2 Å². The molecule has 1 unspecified atom stereocenters. The van der Waals surface area contributed by atoms with Gasteiger partial charge in [0.2, 0.25) is 23.6 Å². The number of nitrogens with one attached hydrogen (secondary N) is 2. The van der Waals surface area contributed by atoms with E-state index >= 15 is 0 Å². The largest absolute Gasteiger partial charge is 0.508 e. The predicted octanol–water partition coefficient (Wildman–Crippen LogP) is 3.73. The zero-order chi connectivity index (χ0) is 47.1. The molecule has 0 bridgehead atoms. The number of carboxylic acids is 1. The van der Waals surface area contributed by atoms with Crippen LogP contribution in [-0.2, 0) is 41.6 Å². The molecule has 1 heterocycles. The second-order valence-electron chi connectivity index (χ2n) is 17.2. The minimum atomic E-state index is -1.59. The van der Waals surface area contributed by atoms with Gasteiger partial charge in [0.25, 0.3) is 5.91 Å². The minimum Gasteiger partial charge on any atom is -0.508 e. The number of benzene rings is 2. The Labute approximate surface area is 380 Å². The van der Waals surface area contributed by atoms with Crippen molar-refractivity contribution in [3.8, 4) is 11.5 Å². The van der Waals surface area contributed by atoms with Crippen molar-refractivity contribution >= 4 is 58.7 Å². The van der Waals surface area contributed by atoms with Crippen LogP contribution in [0.2, 0.25) is 0 Å². The number of aliphatic hydroxyl groups is 1. The van der Waals surface area contributed by atoms with E-state index in [2.05, 4.69) is 10.6 Å². The monoisotopic (exact) mass is 920 g/mol. The number of aliphatic hydroxyl groups excluding tert-OH is 1. The molecule has 2 aromatic rings. The van der Waals surface area contributed by atoms with Gasteiger partial charge in [-0.25, -0.2) is 4.79 Å². The first-order chi connectivity index (χ1) is 29.6. The summed E-state index contributed by atoms with van der Waals surface area (Å²) in [6, 6.07) is 5.26. The van der Waals surface area contributed by atoms with Crippen molar-refractivity contribution in [1.82, 2.24) is 25.3 Å². The van der Waals surface area contributed by atoms with Crippen LogP contribution in [0.15, 0.2) is 48.5 Å². The second kappa shape index (κ2) is 25.0. The number of hydrogen-bond donors (Lipinski definition) is 7. The molecule has 7 atom stereocenters. The molecule has 3 rings (SSSR count). The SMILES string of the molecule is CC(C)[C@H](NC(=O)[C@@H](O)[C@@H](N)CCCCCCC(Cl)Cl)C(=O)N(C)[C@H](C(=O)N(C)[C@@H](Cc1ccc(O)cc1)C(=O)N1CCC[C@H]1C(=O)NC(Cc1ccc(O)cc1)C(=O)O)C(C)C. The van der Waals surface area contributed by atoms with Crippen LogP contribution in [0.1, 0.15) is 90.2 Å². The van der Waals surface area contributed by atoms with Gasteiger partial charge < -0.3 is 51.5 Å². The van der Waals surface area contributed by atoms with Crippen molar-refractivity contribution in [1.29, 1.82) is 0 Å². The molecular weight excluding hydrogens is 855 g/mol. The second-order valence-corrected chi connectivity index (χ2v) is 18.4. The standard InChI is InChI=1S/C45H66Cl2N6O10/c1-26(2)37(50-41(58)39(56)32(48)12-9-7-8-10-14-36(46)47)43(60)52(6)38(27(3)4)44(61)51(5)35(25-29-17-21-31(55)22-18-29)42(59)53-23-11-13-34(53)40(57)49-33(45(62)63)24-28-15-19-30(54)20-16-28/h15-22,26-27,32-39,54-56H,7-14,23-25,48H2,1-6H3,(H,49,57)(H,50,58)(H,62,63)/t32-,33?,34-,35-,37-,38-,39-/m0/s1. The van der Waals surface area contributed by atoms with Gasteiger partial charge in [-0.2, -0.15) is 0 Å². The number of likely N-dealkylation sites (N-methyl/N-ethyl adjacent to an activating group) is 2. The molecule has 0 aromatic heterocycles. The van der Waals surface area contributed by atoms with Gasteiger partial charge in [0.05, 0.1) is 0 Å². The van der Waals surface area contributed by atoms with Crippen molar-refractivity contribution in [3.05, 3.63) is 59.7 Å². The molecular formula is C45H66Cl2N6O10. The van der Waals surface area contributed by atoms with E-state index in [1.807, 2.05) is 0 Å². The van der Waals surface area contributed by atoms with Gasteiger partial charge in [0.1, 0.15) is 52.6 Å². The first kappa shape index (κ1) is 52.7. The fraction of sp³-hybridized carbons (Fsp3) is 0.600. The summed E-state index contributed by atoms with van der Waals surface area (Å²) in [7, 11) is 2.88. The number of unbranched alkanes of at least 4 members (excludes halogenated alkanes) is 3. The maximum Gasteiger partial charge on any atom is 0.326 e. The predicted molar refractivity (Wildman–Crippen MR) is 240 cm³/mol. The van der Waals surface area contributed by atoms with Crippen molar-refractivity contribution in [3.63, 3.8) is 0 Å². The number of amides is 5. The molecule has 350 valence electrons. The highest BCUT2D eigenvalue weighted by molar-refractivity contribution is 6.44. The third-order valence-electron chi connectivity index (χ3n) is 11.6. The summed E-state index contributed by atoms with van der Waals surface area (Å²) in [6.45, 7) is 7.07. The zero-order valence-corrected chi connectivity index (χ0v) is 38.6. The van der Waals surface area contributed by atoms with Crippen molar-refractivity contribution in [2.24, 2.45) is 17.6 Å².